The monoisotopic (exact) mass is 198 g/mol. The Kier molecular flexibility index (Phi) is 1.79. The molecular formula is C9H8ClOP. The van der Waals surface area contributed by atoms with Gasteiger partial charge in [-0.3, -0.25) is 0 Å². The van der Waals surface area contributed by atoms with Crippen LogP contribution in [0.4, 0.5) is 0 Å². The third-order valence-electron chi connectivity index (χ3n) is 1.65. The van der Waals surface area contributed by atoms with Crippen molar-refractivity contribution < 1.29 is 4.52 Å². The molecule has 0 saturated heterocycles. The normalized spacial score (nSPS) is 26.1. The summed E-state index contributed by atoms with van der Waals surface area (Å²) in [5, 5.41) is 0. The lowest BCUT2D eigenvalue weighted by molar-refractivity contribution is 0.626. The molecule has 0 bridgehead atoms. The quantitative estimate of drug-likeness (QED) is 0.579. The third kappa shape index (κ3) is 1.43. The Morgan fingerprint density at radius 1 is 1.33 bits per heavy atom. The van der Waals surface area contributed by atoms with Crippen LogP contribution >= 0.6 is 17.7 Å². The highest BCUT2D eigenvalue weighted by molar-refractivity contribution is 7.95. The molecule has 1 heterocycles. The van der Waals surface area contributed by atoms with Gasteiger partial charge in [-0.25, -0.2) is 0 Å². The molecule has 0 radical (unpaired) electrons. The van der Waals surface area contributed by atoms with Crippen LogP contribution in [-0.4, -0.2) is 6.30 Å². The van der Waals surface area contributed by atoms with Crippen LogP contribution < -0.4 is 4.52 Å². The fourth-order valence-corrected chi connectivity index (χ4v) is 2.42. The van der Waals surface area contributed by atoms with Crippen molar-refractivity contribution in [2.24, 2.45) is 0 Å². The van der Waals surface area contributed by atoms with Crippen LogP contribution in [-0.2, 0) is 0 Å². The van der Waals surface area contributed by atoms with E-state index < -0.39 is 6.47 Å². The second kappa shape index (κ2) is 2.69. The van der Waals surface area contributed by atoms with Gasteiger partial charge in [0.25, 0.3) is 0 Å². The minimum absolute atomic E-state index is 0.832. The van der Waals surface area contributed by atoms with E-state index in [1.165, 1.54) is 0 Å². The minimum atomic E-state index is -2.03. The van der Waals surface area contributed by atoms with Crippen molar-refractivity contribution in [2.45, 2.75) is 0 Å². The Hall–Kier alpha value is -0.650. The first-order valence-electron chi connectivity index (χ1n) is 3.58. The van der Waals surface area contributed by atoms with Crippen LogP contribution in [0.3, 0.4) is 0 Å². The smallest absolute Gasteiger partial charge is 0.153 e. The summed E-state index contributed by atoms with van der Waals surface area (Å²) in [7, 11) is 0. The van der Waals surface area contributed by atoms with Crippen molar-refractivity contribution >= 4 is 30.1 Å². The SMILES string of the molecule is C=P1(Cl)C=Cc2ccccc2O1. The summed E-state index contributed by atoms with van der Waals surface area (Å²) in [4.78, 5) is 0. The zero-order valence-corrected chi connectivity index (χ0v) is 8.05. The molecule has 0 amide bonds. The van der Waals surface area contributed by atoms with Gasteiger partial charge in [-0.15, -0.1) is 0 Å². The number of rotatable bonds is 0. The zero-order chi connectivity index (χ0) is 8.60. The van der Waals surface area contributed by atoms with E-state index in [1.54, 1.807) is 0 Å². The first-order valence-corrected chi connectivity index (χ1v) is 6.45. The molecule has 1 atom stereocenters. The van der Waals surface area contributed by atoms with Gasteiger partial charge < -0.3 is 4.52 Å². The van der Waals surface area contributed by atoms with E-state index >= 15 is 0 Å². The molecule has 3 heteroatoms. The Morgan fingerprint density at radius 3 is 2.92 bits per heavy atom. The van der Waals surface area contributed by atoms with Gasteiger partial charge in [-0.05, 0) is 24.3 Å². The molecule has 12 heavy (non-hydrogen) atoms. The van der Waals surface area contributed by atoms with E-state index in [9.17, 15) is 0 Å². The Labute approximate surface area is 76.5 Å². The summed E-state index contributed by atoms with van der Waals surface area (Å²) in [6.45, 7) is -2.03. The van der Waals surface area contributed by atoms with Crippen molar-refractivity contribution in [2.75, 3.05) is 0 Å². The maximum absolute atomic E-state index is 5.99. The van der Waals surface area contributed by atoms with Crippen LogP contribution in [0, 0.1) is 0 Å². The summed E-state index contributed by atoms with van der Waals surface area (Å²) >= 11 is 5.99. The van der Waals surface area contributed by atoms with Crippen molar-refractivity contribution in [1.82, 2.24) is 0 Å². The molecular weight excluding hydrogens is 191 g/mol. The van der Waals surface area contributed by atoms with E-state index in [2.05, 4.69) is 6.30 Å². The van der Waals surface area contributed by atoms with Gasteiger partial charge in [0.2, 0.25) is 0 Å². The van der Waals surface area contributed by atoms with E-state index in [1.807, 2.05) is 36.2 Å². The van der Waals surface area contributed by atoms with Gasteiger partial charge in [0.1, 0.15) is 5.75 Å². The van der Waals surface area contributed by atoms with E-state index in [-0.39, 0.29) is 0 Å². The van der Waals surface area contributed by atoms with Crippen LogP contribution in [0.25, 0.3) is 6.08 Å². The van der Waals surface area contributed by atoms with Crippen molar-refractivity contribution in [3.63, 3.8) is 0 Å². The summed E-state index contributed by atoms with van der Waals surface area (Å²) in [5.41, 5.74) is 1.07. The Bertz CT molecular complexity index is 384. The lowest BCUT2D eigenvalue weighted by atomic mass is 10.2. The molecule has 62 valence electrons. The standard InChI is InChI=1S/C9H8ClOP/c1-12(10)7-6-8-4-2-3-5-9(8)11-12/h2-7H,1H2. The van der Waals surface area contributed by atoms with Crippen LogP contribution in [0.15, 0.2) is 30.1 Å². The average Bonchev–Trinajstić information content (AvgIpc) is 2.02. The van der Waals surface area contributed by atoms with Crippen molar-refractivity contribution in [3.8, 4) is 5.75 Å². The van der Waals surface area contributed by atoms with Crippen LogP contribution in [0.1, 0.15) is 5.56 Å². The van der Waals surface area contributed by atoms with Gasteiger partial charge in [-0.2, -0.15) is 0 Å². The third-order valence-corrected chi connectivity index (χ3v) is 3.29. The lowest BCUT2D eigenvalue weighted by Gasteiger charge is -2.20. The minimum Gasteiger partial charge on any atom is -0.458 e. The highest BCUT2D eigenvalue weighted by Crippen LogP contribution is 2.56. The second-order valence-corrected chi connectivity index (χ2v) is 6.25. The molecule has 1 aromatic carbocycles. The first-order chi connectivity index (χ1) is 5.67. The van der Waals surface area contributed by atoms with Gasteiger partial charge in [0.05, 0.1) is 0 Å². The highest BCUT2D eigenvalue weighted by atomic mass is 35.7. The van der Waals surface area contributed by atoms with Gasteiger partial charge in [0.15, 0.2) is 6.47 Å². The molecule has 0 saturated carbocycles. The van der Waals surface area contributed by atoms with E-state index in [0.29, 0.717) is 0 Å². The first kappa shape index (κ1) is 7.97. The van der Waals surface area contributed by atoms with Crippen LogP contribution in [0.5, 0.6) is 5.75 Å². The molecule has 1 aromatic rings. The number of hydrogen-bond acceptors (Lipinski definition) is 1. The Balaban J connectivity index is 2.53. The maximum atomic E-state index is 5.99. The van der Waals surface area contributed by atoms with Gasteiger partial charge in [-0.1, -0.05) is 29.4 Å². The molecule has 0 spiro atoms. The zero-order valence-electron chi connectivity index (χ0n) is 6.40. The molecule has 1 unspecified atom stereocenters. The summed E-state index contributed by atoms with van der Waals surface area (Å²) in [6.07, 6.45) is 5.76. The molecule has 0 aromatic heterocycles. The van der Waals surface area contributed by atoms with E-state index in [0.717, 1.165) is 11.3 Å². The molecule has 1 nitrogen and oxygen atoms in total. The van der Waals surface area contributed by atoms with Crippen LogP contribution in [0.2, 0.25) is 0 Å². The number of halogens is 1. The molecule has 0 aliphatic carbocycles. The summed E-state index contributed by atoms with van der Waals surface area (Å²) in [6, 6.07) is 7.78. The van der Waals surface area contributed by atoms with Crippen molar-refractivity contribution in [1.29, 1.82) is 0 Å². The molecule has 2 rings (SSSR count). The topological polar surface area (TPSA) is 9.23 Å². The van der Waals surface area contributed by atoms with Gasteiger partial charge >= 0.3 is 0 Å². The lowest BCUT2D eigenvalue weighted by Crippen LogP contribution is -1.91. The average molecular weight is 199 g/mol. The fourth-order valence-electron chi connectivity index (χ4n) is 1.09. The Morgan fingerprint density at radius 2 is 2.08 bits per heavy atom. The highest BCUT2D eigenvalue weighted by Gasteiger charge is 2.14. The molecule has 1 aliphatic heterocycles. The predicted molar refractivity (Wildman–Crippen MR) is 56.0 cm³/mol. The van der Waals surface area contributed by atoms with Crippen molar-refractivity contribution in [3.05, 3.63) is 35.6 Å². The maximum Gasteiger partial charge on any atom is 0.153 e. The number of fused-ring (bicyclic) bond motifs is 1. The summed E-state index contributed by atoms with van der Waals surface area (Å²) < 4.78 is 5.50. The molecule has 0 fully saturated rings. The summed E-state index contributed by atoms with van der Waals surface area (Å²) in [5.74, 6) is 2.68. The van der Waals surface area contributed by atoms with E-state index in [4.69, 9.17) is 15.8 Å². The predicted octanol–water partition coefficient (Wildman–Crippen LogP) is 3.57. The van der Waals surface area contributed by atoms with Gasteiger partial charge in [0, 0.05) is 5.56 Å². The molecule has 0 N–H and O–H groups in total. The second-order valence-electron chi connectivity index (χ2n) is 2.65. The molecule has 1 aliphatic rings. The largest absolute Gasteiger partial charge is 0.458 e. The fraction of sp³-hybridized carbons (Fsp3) is 0. The number of para-hydroxylation sites is 1. The number of hydrogen-bond donors (Lipinski definition) is 0. The number of benzene rings is 1.